The molecule has 1 heterocycles. The SMILES string of the molecule is CCCC(=O)N1CCCC[C@@H]1COc1cccc([N+](=O)[O-])c1C#N. The van der Waals surface area contributed by atoms with Gasteiger partial charge in [-0.05, 0) is 31.7 Å². The Balaban J connectivity index is 2.12. The standard InChI is InChI=1S/C17H21N3O4/c1-2-6-17(21)19-10-4-3-7-13(19)12-24-16-9-5-8-15(20(22)23)14(16)11-18/h5,8-9,13H,2-4,6-7,10,12H2,1H3/t13-/m1/s1. The number of carbonyl (C=O) groups is 1. The first-order chi connectivity index (χ1) is 11.6. The molecule has 0 aromatic heterocycles. The third-order valence-electron chi connectivity index (χ3n) is 4.16. The maximum Gasteiger partial charge on any atom is 0.290 e. The first-order valence-corrected chi connectivity index (χ1v) is 8.18. The van der Waals surface area contributed by atoms with Crippen molar-refractivity contribution < 1.29 is 14.5 Å². The van der Waals surface area contributed by atoms with E-state index >= 15 is 0 Å². The molecule has 0 bridgehead atoms. The highest BCUT2D eigenvalue weighted by Gasteiger charge is 2.27. The second kappa shape index (κ2) is 8.29. The number of nitriles is 1. The zero-order valence-corrected chi connectivity index (χ0v) is 13.7. The van der Waals surface area contributed by atoms with E-state index in [0.29, 0.717) is 13.0 Å². The molecule has 7 heteroatoms. The lowest BCUT2D eigenvalue weighted by Gasteiger charge is -2.35. The van der Waals surface area contributed by atoms with Crippen molar-refractivity contribution in [3.05, 3.63) is 33.9 Å². The van der Waals surface area contributed by atoms with Crippen LogP contribution in [0.2, 0.25) is 0 Å². The fourth-order valence-electron chi connectivity index (χ4n) is 2.95. The smallest absolute Gasteiger partial charge is 0.290 e. The summed E-state index contributed by atoms with van der Waals surface area (Å²) in [7, 11) is 0. The maximum absolute atomic E-state index is 12.2. The van der Waals surface area contributed by atoms with Gasteiger partial charge in [0.05, 0.1) is 11.0 Å². The summed E-state index contributed by atoms with van der Waals surface area (Å²) in [5.41, 5.74) is -0.345. The Morgan fingerprint density at radius 1 is 1.50 bits per heavy atom. The van der Waals surface area contributed by atoms with Crippen molar-refractivity contribution in [1.29, 1.82) is 5.26 Å². The lowest BCUT2D eigenvalue weighted by atomic mass is 10.0. The number of hydrogen-bond acceptors (Lipinski definition) is 5. The molecule has 1 aliphatic rings. The number of nitro benzene ring substituents is 1. The maximum atomic E-state index is 12.2. The molecule has 0 N–H and O–H groups in total. The number of piperidine rings is 1. The van der Waals surface area contributed by atoms with Gasteiger partial charge < -0.3 is 9.64 Å². The van der Waals surface area contributed by atoms with Crippen molar-refractivity contribution in [3.63, 3.8) is 0 Å². The quantitative estimate of drug-likeness (QED) is 0.589. The third kappa shape index (κ3) is 4.02. The predicted molar refractivity (Wildman–Crippen MR) is 87.6 cm³/mol. The summed E-state index contributed by atoms with van der Waals surface area (Å²) in [5.74, 6) is 0.311. The van der Waals surface area contributed by atoms with Crippen LogP contribution < -0.4 is 4.74 Å². The van der Waals surface area contributed by atoms with Gasteiger partial charge in [0.1, 0.15) is 18.4 Å². The van der Waals surface area contributed by atoms with Crippen LogP contribution in [0, 0.1) is 21.4 Å². The van der Waals surface area contributed by atoms with Crippen LogP contribution in [0.4, 0.5) is 5.69 Å². The highest BCUT2D eigenvalue weighted by molar-refractivity contribution is 5.76. The minimum atomic E-state index is -0.594. The molecular formula is C17H21N3O4. The van der Waals surface area contributed by atoms with Crippen molar-refractivity contribution in [3.8, 4) is 11.8 Å². The molecule has 1 atom stereocenters. The van der Waals surface area contributed by atoms with Crippen molar-refractivity contribution >= 4 is 11.6 Å². The van der Waals surface area contributed by atoms with Gasteiger partial charge in [0.2, 0.25) is 5.91 Å². The first kappa shape index (κ1) is 17.7. The van der Waals surface area contributed by atoms with Crippen LogP contribution in [-0.4, -0.2) is 34.9 Å². The molecule has 2 rings (SSSR count). The van der Waals surface area contributed by atoms with E-state index < -0.39 is 4.92 Å². The second-order valence-corrected chi connectivity index (χ2v) is 5.82. The molecule has 0 aliphatic carbocycles. The summed E-state index contributed by atoms with van der Waals surface area (Å²) in [5, 5.41) is 20.2. The summed E-state index contributed by atoms with van der Waals surface area (Å²) in [6.45, 7) is 2.92. The number of rotatable bonds is 6. The zero-order valence-electron chi connectivity index (χ0n) is 13.7. The van der Waals surface area contributed by atoms with Crippen molar-refractivity contribution in [2.75, 3.05) is 13.2 Å². The largest absolute Gasteiger partial charge is 0.490 e. The molecule has 128 valence electrons. The lowest BCUT2D eigenvalue weighted by molar-refractivity contribution is -0.385. The van der Waals surface area contributed by atoms with Crippen LogP contribution >= 0.6 is 0 Å². The molecule has 1 saturated heterocycles. The van der Waals surface area contributed by atoms with E-state index in [4.69, 9.17) is 4.74 Å². The van der Waals surface area contributed by atoms with Crippen LogP contribution in [0.5, 0.6) is 5.75 Å². The fourth-order valence-corrected chi connectivity index (χ4v) is 2.95. The first-order valence-electron chi connectivity index (χ1n) is 8.18. The molecule has 1 aromatic carbocycles. The predicted octanol–water partition coefficient (Wildman–Crippen LogP) is 3.03. The second-order valence-electron chi connectivity index (χ2n) is 5.82. The van der Waals surface area contributed by atoms with Gasteiger partial charge in [-0.3, -0.25) is 14.9 Å². The highest BCUT2D eigenvalue weighted by Crippen LogP contribution is 2.28. The molecule has 0 spiro atoms. The number of ether oxygens (including phenoxy) is 1. The van der Waals surface area contributed by atoms with E-state index in [9.17, 15) is 20.2 Å². The van der Waals surface area contributed by atoms with Gasteiger partial charge in [-0.15, -0.1) is 0 Å². The Morgan fingerprint density at radius 3 is 2.96 bits per heavy atom. The number of nitrogens with zero attached hydrogens (tertiary/aromatic N) is 3. The highest BCUT2D eigenvalue weighted by atomic mass is 16.6. The van der Waals surface area contributed by atoms with Crippen molar-refractivity contribution in [2.45, 2.75) is 45.1 Å². The molecule has 1 aliphatic heterocycles. The third-order valence-corrected chi connectivity index (χ3v) is 4.16. The normalized spacial score (nSPS) is 17.2. The van der Waals surface area contributed by atoms with Crippen LogP contribution in [-0.2, 0) is 4.79 Å². The average Bonchev–Trinajstić information content (AvgIpc) is 2.59. The summed E-state index contributed by atoms with van der Waals surface area (Å²) in [6.07, 6.45) is 4.14. The van der Waals surface area contributed by atoms with Gasteiger partial charge >= 0.3 is 0 Å². The van der Waals surface area contributed by atoms with Crippen molar-refractivity contribution in [1.82, 2.24) is 4.90 Å². The number of nitro groups is 1. The van der Waals surface area contributed by atoms with Crippen molar-refractivity contribution in [2.24, 2.45) is 0 Å². The molecule has 24 heavy (non-hydrogen) atoms. The summed E-state index contributed by atoms with van der Waals surface area (Å²) in [6, 6.07) is 6.11. The summed E-state index contributed by atoms with van der Waals surface area (Å²) in [4.78, 5) is 24.5. The van der Waals surface area contributed by atoms with E-state index in [-0.39, 0.29) is 35.6 Å². The van der Waals surface area contributed by atoms with E-state index in [1.165, 1.54) is 12.1 Å². The summed E-state index contributed by atoms with van der Waals surface area (Å²) < 4.78 is 5.70. The zero-order chi connectivity index (χ0) is 17.5. The molecular weight excluding hydrogens is 310 g/mol. The molecule has 1 fully saturated rings. The minimum Gasteiger partial charge on any atom is -0.490 e. The van der Waals surface area contributed by atoms with Gasteiger partial charge in [0.25, 0.3) is 5.69 Å². The lowest BCUT2D eigenvalue weighted by Crippen LogP contribution is -2.46. The molecule has 1 aromatic rings. The molecule has 7 nitrogen and oxygen atoms in total. The molecule has 0 saturated carbocycles. The Labute approximate surface area is 141 Å². The molecule has 0 unspecified atom stereocenters. The van der Waals surface area contributed by atoms with E-state index in [1.807, 2.05) is 17.9 Å². The Kier molecular flexibility index (Phi) is 6.13. The average molecular weight is 331 g/mol. The number of carbonyl (C=O) groups excluding carboxylic acids is 1. The van der Waals surface area contributed by atoms with Crippen LogP contribution in [0.3, 0.4) is 0 Å². The number of hydrogen-bond donors (Lipinski definition) is 0. The number of likely N-dealkylation sites (tertiary alicyclic amines) is 1. The molecule has 0 radical (unpaired) electrons. The topological polar surface area (TPSA) is 96.5 Å². The van der Waals surface area contributed by atoms with E-state index in [1.54, 1.807) is 6.07 Å². The van der Waals surface area contributed by atoms with Crippen LogP contribution in [0.15, 0.2) is 18.2 Å². The van der Waals surface area contributed by atoms with Gasteiger partial charge in [-0.2, -0.15) is 5.26 Å². The van der Waals surface area contributed by atoms with E-state index in [2.05, 4.69) is 0 Å². The fraction of sp³-hybridized carbons (Fsp3) is 0.529. The Bertz CT molecular complexity index is 654. The summed E-state index contributed by atoms with van der Waals surface area (Å²) >= 11 is 0. The van der Waals surface area contributed by atoms with Gasteiger partial charge in [-0.1, -0.05) is 13.0 Å². The van der Waals surface area contributed by atoms with Gasteiger partial charge in [0, 0.05) is 19.0 Å². The number of amides is 1. The number of benzene rings is 1. The van der Waals surface area contributed by atoms with E-state index in [0.717, 1.165) is 25.7 Å². The minimum absolute atomic E-state index is 0.0522. The Hall–Kier alpha value is -2.62. The van der Waals surface area contributed by atoms with Crippen LogP contribution in [0.1, 0.15) is 44.6 Å². The molecule has 1 amide bonds. The monoisotopic (exact) mass is 331 g/mol. The van der Waals surface area contributed by atoms with Crippen LogP contribution in [0.25, 0.3) is 0 Å². The van der Waals surface area contributed by atoms with Gasteiger partial charge in [0.15, 0.2) is 5.56 Å². The Morgan fingerprint density at radius 2 is 2.29 bits per heavy atom. The van der Waals surface area contributed by atoms with Gasteiger partial charge in [-0.25, -0.2) is 0 Å².